The third-order valence-electron chi connectivity index (χ3n) is 3.66. The zero-order chi connectivity index (χ0) is 17.3. The Kier molecular flexibility index (Phi) is 4.39. The number of thiazole rings is 1. The second kappa shape index (κ2) is 6.48. The molecule has 0 aliphatic heterocycles. The SMILES string of the molecule is COc1cc2nc(NC(=O)Cc3c(C)noc3C)sc2cc1OC. The van der Waals surface area contributed by atoms with E-state index in [0.717, 1.165) is 21.5 Å². The molecule has 1 amide bonds. The molecule has 3 aromatic rings. The van der Waals surface area contributed by atoms with Crippen LogP contribution in [0.4, 0.5) is 5.13 Å². The van der Waals surface area contributed by atoms with E-state index in [1.54, 1.807) is 27.2 Å². The number of aryl methyl sites for hydroxylation is 2. The topological polar surface area (TPSA) is 86.5 Å². The van der Waals surface area contributed by atoms with Gasteiger partial charge in [0.05, 0.1) is 36.6 Å². The van der Waals surface area contributed by atoms with Crippen molar-refractivity contribution < 1.29 is 18.8 Å². The lowest BCUT2D eigenvalue weighted by atomic mass is 10.1. The van der Waals surface area contributed by atoms with Gasteiger partial charge in [-0.05, 0) is 13.8 Å². The van der Waals surface area contributed by atoms with E-state index in [9.17, 15) is 4.79 Å². The average Bonchev–Trinajstić information content (AvgIpc) is 3.09. The molecule has 0 bridgehead atoms. The van der Waals surface area contributed by atoms with Gasteiger partial charge in [0.15, 0.2) is 16.6 Å². The largest absolute Gasteiger partial charge is 0.493 e. The highest BCUT2D eigenvalue weighted by Crippen LogP contribution is 2.36. The second-order valence-corrected chi connectivity index (χ2v) is 6.25. The number of carbonyl (C=O) groups excluding carboxylic acids is 1. The first-order valence-corrected chi connectivity index (χ1v) is 8.07. The van der Waals surface area contributed by atoms with Crippen molar-refractivity contribution in [3.05, 3.63) is 29.2 Å². The zero-order valence-corrected chi connectivity index (χ0v) is 14.6. The lowest BCUT2D eigenvalue weighted by Crippen LogP contribution is -2.14. The maximum atomic E-state index is 12.2. The van der Waals surface area contributed by atoms with Crippen LogP contribution < -0.4 is 14.8 Å². The van der Waals surface area contributed by atoms with Gasteiger partial charge in [-0.25, -0.2) is 4.98 Å². The number of fused-ring (bicyclic) bond motifs is 1. The van der Waals surface area contributed by atoms with Gasteiger partial charge in [0.25, 0.3) is 0 Å². The van der Waals surface area contributed by atoms with Crippen molar-refractivity contribution in [2.24, 2.45) is 0 Å². The molecule has 8 heteroatoms. The zero-order valence-electron chi connectivity index (χ0n) is 13.8. The van der Waals surface area contributed by atoms with Crippen LogP contribution in [0.5, 0.6) is 11.5 Å². The monoisotopic (exact) mass is 347 g/mol. The predicted octanol–water partition coefficient (Wildman–Crippen LogP) is 3.10. The molecular formula is C16H17N3O4S. The van der Waals surface area contributed by atoms with Crippen molar-refractivity contribution in [2.45, 2.75) is 20.3 Å². The Bertz CT molecular complexity index is 840. The molecule has 0 fully saturated rings. The van der Waals surface area contributed by atoms with Gasteiger partial charge in [-0.2, -0.15) is 0 Å². The fraction of sp³-hybridized carbons (Fsp3) is 0.312. The van der Waals surface area contributed by atoms with Crippen molar-refractivity contribution >= 4 is 32.6 Å². The molecule has 3 rings (SSSR count). The summed E-state index contributed by atoms with van der Waals surface area (Å²) in [4.78, 5) is 16.7. The van der Waals surface area contributed by atoms with Crippen LogP contribution in [-0.2, 0) is 11.2 Å². The Morgan fingerprint density at radius 2 is 1.96 bits per heavy atom. The second-order valence-electron chi connectivity index (χ2n) is 5.22. The first kappa shape index (κ1) is 16.3. The lowest BCUT2D eigenvalue weighted by Gasteiger charge is -2.05. The number of benzene rings is 1. The number of nitrogens with zero attached hydrogens (tertiary/aromatic N) is 2. The van der Waals surface area contributed by atoms with E-state index < -0.39 is 0 Å². The van der Waals surface area contributed by atoms with E-state index in [1.165, 1.54) is 11.3 Å². The number of aromatic nitrogens is 2. The summed E-state index contributed by atoms with van der Waals surface area (Å²) in [5.74, 6) is 1.72. The highest BCUT2D eigenvalue weighted by atomic mass is 32.1. The molecular weight excluding hydrogens is 330 g/mol. The van der Waals surface area contributed by atoms with Gasteiger partial charge in [0.1, 0.15) is 5.76 Å². The molecule has 2 heterocycles. The summed E-state index contributed by atoms with van der Waals surface area (Å²) >= 11 is 1.38. The van der Waals surface area contributed by atoms with Crippen molar-refractivity contribution in [1.82, 2.24) is 10.1 Å². The first-order valence-electron chi connectivity index (χ1n) is 7.26. The predicted molar refractivity (Wildman–Crippen MR) is 91.0 cm³/mol. The molecule has 0 spiro atoms. The molecule has 0 aliphatic carbocycles. The van der Waals surface area contributed by atoms with Gasteiger partial charge in [0.2, 0.25) is 5.91 Å². The number of hydrogen-bond acceptors (Lipinski definition) is 7. The Morgan fingerprint density at radius 1 is 1.25 bits per heavy atom. The smallest absolute Gasteiger partial charge is 0.230 e. The van der Waals surface area contributed by atoms with Crippen LogP contribution in [0, 0.1) is 13.8 Å². The molecule has 0 radical (unpaired) electrons. The minimum atomic E-state index is -0.164. The van der Waals surface area contributed by atoms with Crippen LogP contribution in [0.15, 0.2) is 16.7 Å². The van der Waals surface area contributed by atoms with E-state index >= 15 is 0 Å². The Morgan fingerprint density at radius 3 is 2.58 bits per heavy atom. The molecule has 126 valence electrons. The van der Waals surface area contributed by atoms with Crippen LogP contribution >= 0.6 is 11.3 Å². The number of carbonyl (C=O) groups is 1. The standard InChI is InChI=1S/C16H17N3O4S/c1-8-10(9(2)23-19-8)5-15(20)18-16-17-11-6-12(21-3)13(22-4)7-14(11)24-16/h6-7H,5H2,1-4H3,(H,17,18,20). The van der Waals surface area contributed by atoms with Gasteiger partial charge >= 0.3 is 0 Å². The summed E-state index contributed by atoms with van der Waals surface area (Å²) in [6, 6.07) is 3.63. The maximum Gasteiger partial charge on any atom is 0.230 e. The number of amides is 1. The molecule has 24 heavy (non-hydrogen) atoms. The van der Waals surface area contributed by atoms with Gasteiger partial charge in [-0.1, -0.05) is 16.5 Å². The Hall–Kier alpha value is -2.61. The first-order chi connectivity index (χ1) is 11.5. The van der Waals surface area contributed by atoms with Gasteiger partial charge in [-0.15, -0.1) is 0 Å². The van der Waals surface area contributed by atoms with Gasteiger partial charge in [-0.3, -0.25) is 4.79 Å². The van der Waals surface area contributed by atoms with Crippen LogP contribution in [0.25, 0.3) is 10.2 Å². The molecule has 0 saturated carbocycles. The minimum Gasteiger partial charge on any atom is -0.493 e. The van der Waals surface area contributed by atoms with Gasteiger partial charge < -0.3 is 19.3 Å². The molecule has 0 unspecified atom stereocenters. The summed E-state index contributed by atoms with van der Waals surface area (Å²) in [5, 5.41) is 7.19. The number of ether oxygens (including phenoxy) is 2. The number of anilines is 1. The molecule has 1 aromatic carbocycles. The van der Waals surface area contributed by atoms with Gasteiger partial charge in [0, 0.05) is 17.7 Å². The van der Waals surface area contributed by atoms with Crippen molar-refractivity contribution in [3.63, 3.8) is 0 Å². The number of hydrogen-bond donors (Lipinski definition) is 1. The van der Waals surface area contributed by atoms with Crippen LogP contribution in [0.2, 0.25) is 0 Å². The molecule has 0 aliphatic rings. The Balaban J connectivity index is 1.81. The quantitative estimate of drug-likeness (QED) is 0.763. The lowest BCUT2D eigenvalue weighted by molar-refractivity contribution is -0.115. The van der Waals surface area contributed by atoms with Crippen molar-refractivity contribution in [3.8, 4) is 11.5 Å². The fourth-order valence-electron chi connectivity index (χ4n) is 2.39. The normalized spacial score (nSPS) is 10.8. The van der Waals surface area contributed by atoms with Crippen molar-refractivity contribution in [2.75, 3.05) is 19.5 Å². The average molecular weight is 347 g/mol. The van der Waals surface area contributed by atoms with E-state index in [-0.39, 0.29) is 12.3 Å². The van der Waals surface area contributed by atoms with E-state index in [1.807, 2.05) is 13.0 Å². The molecule has 7 nitrogen and oxygen atoms in total. The number of rotatable bonds is 5. The summed E-state index contributed by atoms with van der Waals surface area (Å²) in [7, 11) is 3.15. The number of nitrogens with one attached hydrogen (secondary N) is 1. The molecule has 2 aromatic heterocycles. The van der Waals surface area contributed by atoms with Crippen molar-refractivity contribution in [1.29, 1.82) is 0 Å². The molecule has 1 N–H and O–H groups in total. The third-order valence-corrected chi connectivity index (χ3v) is 4.59. The van der Waals surface area contributed by atoms with E-state index in [0.29, 0.717) is 22.4 Å². The maximum absolute atomic E-state index is 12.2. The molecule has 0 atom stereocenters. The van der Waals surface area contributed by atoms with Crippen LogP contribution in [-0.4, -0.2) is 30.3 Å². The van der Waals surface area contributed by atoms with E-state index in [4.69, 9.17) is 14.0 Å². The van der Waals surface area contributed by atoms with Crippen LogP contribution in [0.3, 0.4) is 0 Å². The Labute approximate surface area is 142 Å². The molecule has 0 saturated heterocycles. The summed E-state index contributed by atoms with van der Waals surface area (Å²) in [6.07, 6.45) is 0.198. The van der Waals surface area contributed by atoms with Crippen LogP contribution in [0.1, 0.15) is 17.0 Å². The summed E-state index contributed by atoms with van der Waals surface area (Å²) < 4.78 is 16.5. The minimum absolute atomic E-state index is 0.164. The summed E-state index contributed by atoms with van der Waals surface area (Å²) in [5.41, 5.74) is 2.27. The highest BCUT2D eigenvalue weighted by molar-refractivity contribution is 7.22. The number of methoxy groups -OCH3 is 2. The third kappa shape index (κ3) is 3.05. The summed E-state index contributed by atoms with van der Waals surface area (Å²) in [6.45, 7) is 3.61. The van der Waals surface area contributed by atoms with E-state index in [2.05, 4.69) is 15.5 Å². The fourth-order valence-corrected chi connectivity index (χ4v) is 3.28. The highest BCUT2D eigenvalue weighted by Gasteiger charge is 2.16.